The molecule has 0 aliphatic carbocycles. The fourth-order valence-corrected chi connectivity index (χ4v) is 4.18. The third-order valence-electron chi connectivity index (χ3n) is 5.86. The number of fused-ring (bicyclic) bond motifs is 2. The van der Waals surface area contributed by atoms with Crippen molar-refractivity contribution in [3.63, 3.8) is 0 Å². The van der Waals surface area contributed by atoms with E-state index in [1.54, 1.807) is 0 Å². The van der Waals surface area contributed by atoms with E-state index in [-0.39, 0.29) is 5.56 Å². The molecule has 0 saturated heterocycles. The number of carbonyl (C=O) groups is 1. The summed E-state index contributed by atoms with van der Waals surface area (Å²) >= 11 is 0. The molecule has 4 aromatic carbocycles. The largest absolute Gasteiger partial charge is 0.416 e. The van der Waals surface area contributed by atoms with Gasteiger partial charge in [-0.3, -0.25) is 4.79 Å². The second-order valence-corrected chi connectivity index (χ2v) is 8.15. The smallest absolute Gasteiger partial charge is 0.342 e. The molecule has 0 unspecified atom stereocenters. The number of benzene rings is 4. The number of hydrogen-bond donors (Lipinski definition) is 1. The lowest BCUT2D eigenvalue weighted by Crippen LogP contribution is -2.18. The molecule has 0 radical (unpaired) electrons. The topological polar surface area (TPSA) is 46.4 Å². The molecule has 0 aliphatic heterocycles. The van der Waals surface area contributed by atoms with E-state index in [1.165, 1.54) is 34.7 Å². The van der Waals surface area contributed by atoms with Crippen molar-refractivity contribution in [2.24, 2.45) is 5.10 Å². The number of rotatable bonds is 5. The van der Waals surface area contributed by atoms with Crippen LogP contribution in [0.4, 0.5) is 13.2 Å². The zero-order valence-electron chi connectivity index (χ0n) is 18.5. The first-order chi connectivity index (χ1) is 16.9. The minimum Gasteiger partial charge on any atom is -0.342 e. The zero-order valence-corrected chi connectivity index (χ0v) is 18.5. The number of hydrogen-bond acceptors (Lipinski definition) is 2. The third-order valence-corrected chi connectivity index (χ3v) is 5.86. The molecule has 0 aliphatic rings. The van der Waals surface area contributed by atoms with Crippen molar-refractivity contribution in [1.29, 1.82) is 0 Å². The minimum absolute atomic E-state index is 0.115. The first-order valence-electron chi connectivity index (χ1n) is 11.0. The van der Waals surface area contributed by atoms with E-state index in [0.29, 0.717) is 6.54 Å². The Morgan fingerprint density at radius 1 is 0.886 bits per heavy atom. The van der Waals surface area contributed by atoms with Gasteiger partial charge in [-0.25, -0.2) is 5.43 Å². The summed E-state index contributed by atoms with van der Waals surface area (Å²) in [4.78, 5) is 12.4. The van der Waals surface area contributed by atoms with E-state index in [0.717, 1.165) is 28.6 Å². The maximum absolute atomic E-state index is 12.9. The van der Waals surface area contributed by atoms with Gasteiger partial charge < -0.3 is 4.57 Å². The average molecular weight is 471 g/mol. The summed E-state index contributed by atoms with van der Waals surface area (Å²) in [6, 6.07) is 26.5. The number of alkyl halides is 3. The highest BCUT2D eigenvalue weighted by atomic mass is 19.4. The average Bonchev–Trinajstić information content (AvgIpc) is 3.21. The zero-order chi connectivity index (χ0) is 24.4. The molecule has 0 bridgehead atoms. The Balaban J connectivity index is 1.40. The molecule has 5 rings (SSSR count). The van der Waals surface area contributed by atoms with Crippen LogP contribution < -0.4 is 5.43 Å². The van der Waals surface area contributed by atoms with Crippen LogP contribution in [0.2, 0.25) is 0 Å². The van der Waals surface area contributed by atoms with Gasteiger partial charge in [-0.2, -0.15) is 18.3 Å². The number of carbonyl (C=O) groups excluding carboxylic acids is 1. The molecule has 5 aromatic rings. The molecular weight excluding hydrogens is 451 g/mol. The first kappa shape index (κ1) is 22.4. The fraction of sp³-hybridized carbons (Fsp3) is 0.0714. The van der Waals surface area contributed by atoms with Gasteiger partial charge in [-0.15, -0.1) is 0 Å². The van der Waals surface area contributed by atoms with Crippen molar-refractivity contribution < 1.29 is 18.0 Å². The van der Waals surface area contributed by atoms with E-state index in [2.05, 4.69) is 39.4 Å². The third kappa shape index (κ3) is 4.66. The van der Waals surface area contributed by atoms with Crippen LogP contribution in [-0.4, -0.2) is 16.7 Å². The summed E-state index contributed by atoms with van der Waals surface area (Å²) in [5.74, 6) is -0.716. The fourth-order valence-electron chi connectivity index (χ4n) is 4.18. The van der Waals surface area contributed by atoms with Crippen LogP contribution in [0.25, 0.3) is 21.7 Å². The number of nitrogens with one attached hydrogen (secondary N) is 1. The molecule has 0 fully saturated rings. The standard InChI is InChI=1S/C28H20F3N3O/c29-28(30,31)23-11-6-9-20(15-23)27(35)33-32-16-22-18-34(26-14-4-3-13-25(22)26)17-21-10-5-8-19-7-1-2-12-24(19)21/h1-16,18H,17H2,(H,33,35)/b32-16+. The quantitative estimate of drug-likeness (QED) is 0.227. The highest BCUT2D eigenvalue weighted by Crippen LogP contribution is 2.29. The number of hydrazone groups is 1. The van der Waals surface area contributed by atoms with Crippen LogP contribution in [0.15, 0.2) is 102 Å². The van der Waals surface area contributed by atoms with Crippen molar-refractivity contribution >= 4 is 33.8 Å². The predicted molar refractivity (Wildman–Crippen MR) is 131 cm³/mol. The van der Waals surface area contributed by atoms with Crippen LogP contribution >= 0.6 is 0 Å². The van der Waals surface area contributed by atoms with Gasteiger partial charge in [0.2, 0.25) is 0 Å². The molecule has 1 N–H and O–H groups in total. The Morgan fingerprint density at radius 3 is 2.43 bits per heavy atom. The van der Waals surface area contributed by atoms with Gasteiger partial charge in [-0.05, 0) is 40.6 Å². The second-order valence-electron chi connectivity index (χ2n) is 8.15. The maximum Gasteiger partial charge on any atom is 0.416 e. The maximum atomic E-state index is 12.9. The number of amides is 1. The van der Waals surface area contributed by atoms with Crippen molar-refractivity contribution in [1.82, 2.24) is 9.99 Å². The van der Waals surface area contributed by atoms with Gasteiger partial charge in [-0.1, -0.05) is 66.7 Å². The molecule has 1 amide bonds. The molecule has 7 heteroatoms. The molecule has 0 atom stereocenters. The number of para-hydroxylation sites is 1. The van der Waals surface area contributed by atoms with Crippen molar-refractivity contribution in [3.05, 3.63) is 119 Å². The molecule has 1 aromatic heterocycles. The predicted octanol–water partition coefficient (Wildman–Crippen LogP) is 6.63. The Hall–Kier alpha value is -4.39. The minimum atomic E-state index is -4.52. The normalized spacial score (nSPS) is 12.0. The van der Waals surface area contributed by atoms with Gasteiger partial charge in [0.15, 0.2) is 0 Å². The van der Waals surface area contributed by atoms with E-state index < -0.39 is 17.6 Å². The molecule has 1 heterocycles. The highest BCUT2D eigenvalue weighted by molar-refractivity contribution is 6.00. The number of nitrogens with zero attached hydrogens (tertiary/aromatic N) is 2. The van der Waals surface area contributed by atoms with Gasteiger partial charge in [0.25, 0.3) is 5.91 Å². The van der Waals surface area contributed by atoms with Crippen molar-refractivity contribution in [3.8, 4) is 0 Å². The first-order valence-corrected chi connectivity index (χ1v) is 11.0. The highest BCUT2D eigenvalue weighted by Gasteiger charge is 2.30. The van der Waals surface area contributed by atoms with Gasteiger partial charge in [0.1, 0.15) is 0 Å². The number of aromatic nitrogens is 1. The summed E-state index contributed by atoms with van der Waals surface area (Å²) < 4.78 is 40.9. The molecule has 0 spiro atoms. The molecule has 0 saturated carbocycles. The second kappa shape index (κ2) is 9.10. The summed E-state index contributed by atoms with van der Waals surface area (Å²) in [5.41, 5.74) is 4.29. The molecule has 174 valence electrons. The lowest BCUT2D eigenvalue weighted by molar-refractivity contribution is -0.137. The Kier molecular flexibility index (Phi) is 5.82. The van der Waals surface area contributed by atoms with Crippen LogP contribution in [0, 0.1) is 0 Å². The van der Waals surface area contributed by atoms with Crippen molar-refractivity contribution in [2.45, 2.75) is 12.7 Å². The van der Waals surface area contributed by atoms with E-state index in [1.807, 2.05) is 48.7 Å². The van der Waals surface area contributed by atoms with E-state index in [9.17, 15) is 18.0 Å². The van der Waals surface area contributed by atoms with Crippen LogP contribution in [-0.2, 0) is 12.7 Å². The lowest BCUT2D eigenvalue weighted by atomic mass is 10.0. The van der Waals surface area contributed by atoms with Gasteiger partial charge in [0, 0.05) is 34.8 Å². The number of halogens is 3. The molecule has 35 heavy (non-hydrogen) atoms. The SMILES string of the molecule is O=C(N/N=C/c1cn(Cc2cccc3ccccc23)c2ccccc12)c1cccc(C(F)(F)F)c1. The van der Waals surface area contributed by atoms with Gasteiger partial charge >= 0.3 is 6.18 Å². The van der Waals surface area contributed by atoms with Crippen LogP contribution in [0.5, 0.6) is 0 Å². The van der Waals surface area contributed by atoms with Crippen LogP contribution in [0.3, 0.4) is 0 Å². The summed E-state index contributed by atoms with van der Waals surface area (Å²) in [6.45, 7) is 0.645. The summed E-state index contributed by atoms with van der Waals surface area (Å²) in [7, 11) is 0. The lowest BCUT2D eigenvalue weighted by Gasteiger charge is -2.09. The monoisotopic (exact) mass is 471 g/mol. The Bertz CT molecular complexity index is 1560. The molecular formula is C28H20F3N3O. The Morgan fingerprint density at radius 2 is 1.60 bits per heavy atom. The Labute approximate surface area is 199 Å². The summed E-state index contributed by atoms with van der Waals surface area (Å²) in [6.07, 6.45) is -1.06. The molecule has 4 nitrogen and oxygen atoms in total. The summed E-state index contributed by atoms with van der Waals surface area (Å²) in [5, 5.41) is 7.30. The van der Waals surface area contributed by atoms with Crippen LogP contribution in [0.1, 0.15) is 27.0 Å². The van der Waals surface area contributed by atoms with Gasteiger partial charge in [0.05, 0.1) is 11.8 Å². The van der Waals surface area contributed by atoms with E-state index >= 15 is 0 Å². The van der Waals surface area contributed by atoms with E-state index in [4.69, 9.17) is 0 Å². The van der Waals surface area contributed by atoms with Crippen molar-refractivity contribution in [2.75, 3.05) is 0 Å².